The van der Waals surface area contributed by atoms with Crippen molar-refractivity contribution in [2.45, 2.75) is 19.0 Å². The van der Waals surface area contributed by atoms with Gasteiger partial charge in [0.2, 0.25) is 5.43 Å². The van der Waals surface area contributed by atoms with Crippen molar-refractivity contribution in [3.63, 3.8) is 0 Å². The van der Waals surface area contributed by atoms with E-state index >= 15 is 0 Å². The largest absolute Gasteiger partial charge is 0.393 e. The normalized spacial score (nSPS) is 16.6. The summed E-state index contributed by atoms with van der Waals surface area (Å²) in [6.45, 7) is -0.0298. The number of hydrogen-bond acceptors (Lipinski definition) is 5. The molecule has 2 aromatic carbocycles. The maximum absolute atomic E-state index is 15.0. The molecule has 176 valence electrons. The molecule has 1 unspecified atom stereocenters. The maximum atomic E-state index is 15.0. The lowest BCUT2D eigenvalue weighted by Crippen LogP contribution is -2.27. The van der Waals surface area contributed by atoms with Crippen molar-refractivity contribution in [1.29, 1.82) is 5.41 Å². The highest BCUT2D eigenvalue weighted by Crippen LogP contribution is 2.36. The van der Waals surface area contributed by atoms with Crippen LogP contribution in [0.3, 0.4) is 0 Å². The minimum absolute atomic E-state index is 0.0223. The van der Waals surface area contributed by atoms with E-state index in [4.69, 9.17) is 5.41 Å². The molecule has 1 atom stereocenters. The third-order valence-corrected chi connectivity index (χ3v) is 5.59. The van der Waals surface area contributed by atoms with E-state index in [9.17, 15) is 22.4 Å². The first-order valence-corrected chi connectivity index (χ1v) is 10.6. The van der Waals surface area contributed by atoms with Gasteiger partial charge in [0, 0.05) is 43.7 Å². The van der Waals surface area contributed by atoms with E-state index in [2.05, 4.69) is 10.1 Å². The van der Waals surface area contributed by atoms with E-state index in [1.807, 2.05) is 6.07 Å². The summed E-state index contributed by atoms with van der Waals surface area (Å²) in [7, 11) is 0. The topological polar surface area (TPSA) is 74.3 Å². The Balaban J connectivity index is 1.65. The van der Waals surface area contributed by atoms with E-state index in [1.165, 1.54) is 40.0 Å². The van der Waals surface area contributed by atoms with Crippen LogP contribution >= 0.6 is 0 Å². The van der Waals surface area contributed by atoms with Crippen LogP contribution in [0.1, 0.15) is 18.5 Å². The van der Waals surface area contributed by atoms with Gasteiger partial charge in [0.15, 0.2) is 11.5 Å². The van der Waals surface area contributed by atoms with Crippen LogP contribution in [0.2, 0.25) is 0 Å². The van der Waals surface area contributed by atoms with E-state index in [1.54, 1.807) is 24.3 Å². The molecule has 1 saturated heterocycles. The molecule has 0 radical (unpaired) electrons. The Bertz CT molecular complexity index is 1270. The van der Waals surface area contributed by atoms with Gasteiger partial charge in [0.1, 0.15) is 5.69 Å². The van der Waals surface area contributed by atoms with Gasteiger partial charge < -0.3 is 10.3 Å². The quantitative estimate of drug-likeness (QED) is 0.410. The molecule has 4 rings (SSSR count). The first-order valence-electron chi connectivity index (χ1n) is 10.6. The summed E-state index contributed by atoms with van der Waals surface area (Å²) in [6, 6.07) is 14.2. The average molecular weight is 471 g/mol. The maximum Gasteiger partial charge on any atom is 0.393 e. The summed E-state index contributed by atoms with van der Waals surface area (Å²) in [4.78, 5) is 18.4. The Labute approximate surface area is 192 Å². The number of benzene rings is 2. The Kier molecular flexibility index (Phi) is 6.58. The number of para-hydroxylation sites is 1. The number of aliphatic imine (C=N–C) groups is 1. The zero-order valence-corrected chi connectivity index (χ0v) is 18.0. The van der Waals surface area contributed by atoms with Crippen LogP contribution < -0.4 is 10.3 Å². The number of halogens is 4. The molecule has 0 bridgehead atoms. The van der Waals surface area contributed by atoms with Gasteiger partial charge >= 0.3 is 6.18 Å². The van der Waals surface area contributed by atoms with Crippen LogP contribution in [0.15, 0.2) is 70.6 Å². The van der Waals surface area contributed by atoms with Gasteiger partial charge in [0.05, 0.1) is 17.3 Å². The lowest BCUT2D eigenvalue weighted by Gasteiger charge is -2.20. The van der Waals surface area contributed by atoms with Crippen molar-refractivity contribution >= 4 is 23.3 Å². The van der Waals surface area contributed by atoms with E-state index < -0.39 is 23.3 Å². The van der Waals surface area contributed by atoms with Gasteiger partial charge in [-0.3, -0.25) is 9.79 Å². The highest BCUT2D eigenvalue weighted by molar-refractivity contribution is 6.06. The Morgan fingerprint density at radius 1 is 1.18 bits per heavy atom. The number of hydrogen-bond donors (Lipinski definition) is 1. The molecular formula is C24H21F4N5O. The fourth-order valence-corrected chi connectivity index (χ4v) is 3.83. The van der Waals surface area contributed by atoms with Crippen molar-refractivity contribution < 1.29 is 17.6 Å². The monoisotopic (exact) mass is 471 g/mol. The van der Waals surface area contributed by atoms with Gasteiger partial charge in [0.25, 0.3) is 0 Å². The molecule has 10 heteroatoms. The fraction of sp³-hybridized carbons (Fsp3) is 0.250. The van der Waals surface area contributed by atoms with Gasteiger partial charge in [-0.05, 0) is 36.8 Å². The standard InChI is InChI=1S/C24H21F4N5O/c25-19-14-18(32-12-9-16(15-32)24(26,27)28)6-7-21(19)33-13-10-22(34)23(31-33)20(8-11-29)30-17-4-2-1-3-5-17/h1-7,10-11,13-14,16,29H,8-9,12,15H2. The van der Waals surface area contributed by atoms with Crippen molar-refractivity contribution in [1.82, 2.24) is 9.78 Å². The second-order valence-electron chi connectivity index (χ2n) is 7.88. The Morgan fingerprint density at radius 2 is 1.94 bits per heavy atom. The molecule has 2 heterocycles. The lowest BCUT2D eigenvalue weighted by atomic mass is 10.1. The van der Waals surface area contributed by atoms with Crippen LogP contribution in [-0.2, 0) is 0 Å². The molecule has 6 nitrogen and oxygen atoms in total. The Hall–Kier alpha value is -3.82. The van der Waals surface area contributed by atoms with Gasteiger partial charge in [-0.25, -0.2) is 9.07 Å². The number of nitrogens with one attached hydrogen (secondary N) is 1. The molecular weight excluding hydrogens is 450 g/mol. The minimum Gasteiger partial charge on any atom is -0.371 e. The molecule has 34 heavy (non-hydrogen) atoms. The second kappa shape index (κ2) is 9.58. The predicted molar refractivity (Wildman–Crippen MR) is 122 cm³/mol. The molecule has 1 aliphatic heterocycles. The molecule has 3 aromatic rings. The molecule has 0 amide bonds. The minimum atomic E-state index is -4.28. The first-order chi connectivity index (χ1) is 16.3. The van der Waals surface area contributed by atoms with Crippen LogP contribution in [0.4, 0.5) is 28.9 Å². The van der Waals surface area contributed by atoms with E-state index in [0.29, 0.717) is 11.4 Å². The average Bonchev–Trinajstić information content (AvgIpc) is 3.31. The molecule has 1 N–H and O–H groups in total. The van der Waals surface area contributed by atoms with Crippen molar-refractivity contribution in [3.05, 3.63) is 82.5 Å². The summed E-state index contributed by atoms with van der Waals surface area (Å²) >= 11 is 0. The van der Waals surface area contributed by atoms with Gasteiger partial charge in [-0.15, -0.1) is 0 Å². The van der Waals surface area contributed by atoms with E-state index in [0.717, 1.165) is 6.21 Å². The number of aromatic nitrogens is 2. The summed E-state index contributed by atoms with van der Waals surface area (Å²) in [6.07, 6.45) is -1.85. The summed E-state index contributed by atoms with van der Waals surface area (Å²) in [5.41, 5.74) is 0.767. The van der Waals surface area contributed by atoms with Crippen LogP contribution in [0.5, 0.6) is 0 Å². The zero-order valence-electron chi connectivity index (χ0n) is 18.0. The molecule has 1 fully saturated rings. The number of anilines is 1. The predicted octanol–water partition coefficient (Wildman–Crippen LogP) is 4.92. The Morgan fingerprint density at radius 3 is 2.59 bits per heavy atom. The first kappa shape index (κ1) is 23.3. The molecule has 0 aliphatic carbocycles. The van der Waals surface area contributed by atoms with Crippen molar-refractivity contribution in [3.8, 4) is 5.69 Å². The summed E-state index contributed by atoms with van der Waals surface area (Å²) < 4.78 is 55.1. The molecule has 1 aromatic heterocycles. The highest BCUT2D eigenvalue weighted by atomic mass is 19.4. The number of rotatable bonds is 6. The van der Waals surface area contributed by atoms with E-state index in [-0.39, 0.29) is 43.0 Å². The van der Waals surface area contributed by atoms with Crippen LogP contribution in [0.25, 0.3) is 5.69 Å². The smallest absolute Gasteiger partial charge is 0.371 e. The number of nitrogens with zero attached hydrogens (tertiary/aromatic N) is 4. The third-order valence-electron chi connectivity index (χ3n) is 5.59. The molecule has 1 aliphatic rings. The van der Waals surface area contributed by atoms with Gasteiger partial charge in [-0.2, -0.15) is 18.3 Å². The second-order valence-corrected chi connectivity index (χ2v) is 7.88. The summed E-state index contributed by atoms with van der Waals surface area (Å²) in [5.74, 6) is -2.13. The lowest BCUT2D eigenvalue weighted by molar-refractivity contribution is -0.168. The third kappa shape index (κ3) is 5.05. The molecule has 0 spiro atoms. The van der Waals surface area contributed by atoms with Crippen LogP contribution in [0, 0.1) is 17.1 Å². The SMILES string of the molecule is N=CCC(=Nc1ccccc1)c1nn(-c2ccc(N3CCC(C(F)(F)F)C3)cc2F)ccc1=O. The van der Waals surface area contributed by atoms with Crippen molar-refractivity contribution in [2.75, 3.05) is 18.0 Å². The summed E-state index contributed by atoms with van der Waals surface area (Å²) in [5, 5.41) is 11.7. The highest BCUT2D eigenvalue weighted by Gasteiger charge is 2.43. The van der Waals surface area contributed by atoms with Crippen molar-refractivity contribution in [2.24, 2.45) is 10.9 Å². The zero-order chi connectivity index (χ0) is 24.3. The fourth-order valence-electron chi connectivity index (χ4n) is 3.83. The van der Waals surface area contributed by atoms with Crippen LogP contribution in [-0.4, -0.2) is 41.0 Å². The molecule has 0 saturated carbocycles. The van der Waals surface area contributed by atoms with Gasteiger partial charge in [-0.1, -0.05) is 18.2 Å². The number of alkyl halides is 3.